The largest absolute Gasteiger partial charge is 0.497 e. The molecule has 0 aliphatic rings. The Hall–Kier alpha value is -2.93. The molecule has 0 bridgehead atoms. The predicted molar refractivity (Wildman–Crippen MR) is 86.6 cm³/mol. The average Bonchev–Trinajstić information content (AvgIpc) is 3.28. The van der Waals surface area contributed by atoms with Crippen LogP contribution >= 0.6 is 11.3 Å². The van der Waals surface area contributed by atoms with Crippen molar-refractivity contribution in [3.63, 3.8) is 0 Å². The normalized spacial score (nSPS) is 12.1. The number of nitrogens with zero attached hydrogens (tertiary/aromatic N) is 3. The molecule has 1 aromatic carbocycles. The van der Waals surface area contributed by atoms with E-state index in [1.54, 1.807) is 31.6 Å². The SMILES string of the molecule is COc1ccc(-c2nc3s/c(=C/c4ccco4)c(=O)n3n2)cc1. The van der Waals surface area contributed by atoms with E-state index >= 15 is 0 Å². The number of ether oxygens (including phenoxy) is 1. The molecule has 4 rings (SSSR count). The first-order valence-corrected chi connectivity index (χ1v) is 7.65. The molecule has 3 heterocycles. The van der Waals surface area contributed by atoms with E-state index in [1.165, 1.54) is 15.9 Å². The third kappa shape index (κ3) is 2.40. The molecule has 0 fully saturated rings. The fourth-order valence-corrected chi connectivity index (χ4v) is 3.09. The second kappa shape index (κ2) is 5.36. The van der Waals surface area contributed by atoms with E-state index in [0.29, 0.717) is 21.1 Å². The molecule has 6 nitrogen and oxygen atoms in total. The molecule has 4 aromatic rings. The maximum Gasteiger partial charge on any atom is 0.291 e. The van der Waals surface area contributed by atoms with Crippen molar-refractivity contribution in [3.8, 4) is 17.1 Å². The monoisotopic (exact) mass is 325 g/mol. The van der Waals surface area contributed by atoms with Gasteiger partial charge in [0, 0.05) is 11.6 Å². The van der Waals surface area contributed by atoms with Crippen LogP contribution in [0.4, 0.5) is 0 Å². The lowest BCUT2D eigenvalue weighted by Crippen LogP contribution is -2.23. The van der Waals surface area contributed by atoms with Crippen LogP contribution in [0.2, 0.25) is 0 Å². The number of rotatable bonds is 3. The maximum absolute atomic E-state index is 12.4. The molecule has 114 valence electrons. The summed E-state index contributed by atoms with van der Waals surface area (Å²) < 4.78 is 12.2. The van der Waals surface area contributed by atoms with Gasteiger partial charge in [0.2, 0.25) is 4.96 Å². The molecule has 0 aliphatic heterocycles. The van der Waals surface area contributed by atoms with Crippen molar-refractivity contribution in [3.05, 3.63) is 63.3 Å². The molecule has 7 heteroatoms. The van der Waals surface area contributed by atoms with Crippen LogP contribution in [-0.4, -0.2) is 21.7 Å². The van der Waals surface area contributed by atoms with Crippen LogP contribution in [0.1, 0.15) is 5.76 Å². The van der Waals surface area contributed by atoms with Gasteiger partial charge in [-0.3, -0.25) is 4.79 Å². The number of furan rings is 1. The first-order valence-electron chi connectivity index (χ1n) is 6.84. The summed E-state index contributed by atoms with van der Waals surface area (Å²) >= 11 is 1.28. The van der Waals surface area contributed by atoms with Crippen LogP contribution in [0.25, 0.3) is 22.4 Å². The highest BCUT2D eigenvalue weighted by Gasteiger charge is 2.12. The number of hydrogen-bond donors (Lipinski definition) is 0. The van der Waals surface area contributed by atoms with E-state index in [2.05, 4.69) is 10.1 Å². The highest BCUT2D eigenvalue weighted by Crippen LogP contribution is 2.20. The first kappa shape index (κ1) is 13.7. The highest BCUT2D eigenvalue weighted by atomic mass is 32.1. The Morgan fingerprint density at radius 2 is 2.09 bits per heavy atom. The summed E-state index contributed by atoms with van der Waals surface area (Å²) in [5.74, 6) is 1.90. The van der Waals surface area contributed by atoms with Gasteiger partial charge in [0.05, 0.1) is 13.4 Å². The fraction of sp³-hybridized carbons (Fsp3) is 0.0625. The first-order chi connectivity index (χ1) is 11.2. The third-order valence-corrected chi connectivity index (χ3v) is 4.31. The number of methoxy groups -OCH3 is 1. The third-order valence-electron chi connectivity index (χ3n) is 3.35. The average molecular weight is 325 g/mol. The summed E-state index contributed by atoms with van der Waals surface area (Å²) in [6.07, 6.45) is 3.26. The summed E-state index contributed by atoms with van der Waals surface area (Å²) in [6, 6.07) is 10.9. The Balaban J connectivity index is 1.79. The molecule has 0 unspecified atom stereocenters. The van der Waals surface area contributed by atoms with Gasteiger partial charge >= 0.3 is 0 Å². The maximum atomic E-state index is 12.4. The lowest BCUT2D eigenvalue weighted by atomic mass is 10.2. The van der Waals surface area contributed by atoms with Gasteiger partial charge in [-0.25, -0.2) is 0 Å². The van der Waals surface area contributed by atoms with E-state index in [4.69, 9.17) is 9.15 Å². The van der Waals surface area contributed by atoms with Crippen LogP contribution in [-0.2, 0) is 0 Å². The van der Waals surface area contributed by atoms with Gasteiger partial charge in [-0.1, -0.05) is 11.3 Å². The minimum Gasteiger partial charge on any atom is -0.497 e. The van der Waals surface area contributed by atoms with Crippen molar-refractivity contribution in [2.24, 2.45) is 0 Å². The molecule has 0 saturated heterocycles. The summed E-state index contributed by atoms with van der Waals surface area (Å²) in [5, 5.41) is 4.30. The van der Waals surface area contributed by atoms with E-state index in [0.717, 1.165) is 11.3 Å². The van der Waals surface area contributed by atoms with Crippen molar-refractivity contribution in [1.29, 1.82) is 0 Å². The summed E-state index contributed by atoms with van der Waals surface area (Å²) in [5.41, 5.74) is 0.631. The van der Waals surface area contributed by atoms with E-state index in [9.17, 15) is 4.79 Å². The zero-order chi connectivity index (χ0) is 15.8. The lowest BCUT2D eigenvalue weighted by molar-refractivity contribution is 0.415. The Morgan fingerprint density at radius 3 is 2.74 bits per heavy atom. The number of benzene rings is 1. The van der Waals surface area contributed by atoms with Crippen LogP contribution < -0.4 is 14.8 Å². The topological polar surface area (TPSA) is 69.6 Å². The minimum absolute atomic E-state index is 0.200. The van der Waals surface area contributed by atoms with Crippen molar-refractivity contribution >= 4 is 22.4 Å². The molecule has 0 atom stereocenters. The van der Waals surface area contributed by atoms with Crippen molar-refractivity contribution in [2.75, 3.05) is 7.11 Å². The minimum atomic E-state index is -0.200. The second-order valence-corrected chi connectivity index (χ2v) is 5.80. The summed E-state index contributed by atoms with van der Waals surface area (Å²) in [6.45, 7) is 0. The number of hydrogen-bond acceptors (Lipinski definition) is 6. The quantitative estimate of drug-likeness (QED) is 0.576. The Kier molecular flexibility index (Phi) is 3.20. The van der Waals surface area contributed by atoms with E-state index < -0.39 is 0 Å². The van der Waals surface area contributed by atoms with Crippen molar-refractivity contribution in [1.82, 2.24) is 14.6 Å². The molecule has 3 aromatic heterocycles. The van der Waals surface area contributed by atoms with Crippen LogP contribution in [0.5, 0.6) is 5.75 Å². The van der Waals surface area contributed by atoms with Gasteiger partial charge in [-0.2, -0.15) is 9.50 Å². The summed E-state index contributed by atoms with van der Waals surface area (Å²) in [4.78, 5) is 17.4. The van der Waals surface area contributed by atoms with Gasteiger partial charge in [0.15, 0.2) is 5.82 Å². The van der Waals surface area contributed by atoms with Gasteiger partial charge in [0.25, 0.3) is 5.56 Å². The van der Waals surface area contributed by atoms with Crippen molar-refractivity contribution < 1.29 is 9.15 Å². The molecule has 0 aliphatic carbocycles. The second-order valence-electron chi connectivity index (χ2n) is 4.79. The zero-order valence-electron chi connectivity index (χ0n) is 12.1. The molecule has 0 saturated carbocycles. The summed E-state index contributed by atoms with van der Waals surface area (Å²) in [7, 11) is 1.61. The number of aromatic nitrogens is 3. The van der Waals surface area contributed by atoms with E-state index in [-0.39, 0.29) is 5.56 Å². The molecular weight excluding hydrogens is 314 g/mol. The molecule has 0 spiro atoms. The molecular formula is C16H11N3O3S. The Bertz CT molecular complexity index is 1060. The van der Waals surface area contributed by atoms with Gasteiger partial charge in [-0.15, -0.1) is 5.10 Å². The lowest BCUT2D eigenvalue weighted by Gasteiger charge is -1.99. The molecule has 0 amide bonds. The molecule has 0 N–H and O–H groups in total. The van der Waals surface area contributed by atoms with Crippen LogP contribution in [0, 0.1) is 0 Å². The number of thiazole rings is 1. The fourth-order valence-electron chi connectivity index (χ4n) is 2.20. The molecule has 23 heavy (non-hydrogen) atoms. The smallest absolute Gasteiger partial charge is 0.291 e. The molecule has 0 radical (unpaired) electrons. The zero-order valence-corrected chi connectivity index (χ0v) is 12.9. The van der Waals surface area contributed by atoms with Crippen molar-refractivity contribution in [2.45, 2.75) is 0 Å². The van der Waals surface area contributed by atoms with Crippen LogP contribution in [0.3, 0.4) is 0 Å². The standard InChI is InChI=1S/C16H11N3O3S/c1-21-11-6-4-10(5-7-11)14-17-16-19(18-14)15(20)13(23-16)9-12-3-2-8-22-12/h2-9H,1H3/b13-9+. The van der Waals surface area contributed by atoms with E-state index in [1.807, 2.05) is 24.3 Å². The highest BCUT2D eigenvalue weighted by molar-refractivity contribution is 7.15. The number of fused-ring (bicyclic) bond motifs is 1. The van der Waals surface area contributed by atoms with Gasteiger partial charge in [-0.05, 0) is 36.4 Å². The van der Waals surface area contributed by atoms with Gasteiger partial charge < -0.3 is 9.15 Å². The predicted octanol–water partition coefficient (Wildman–Crippen LogP) is 1.97. The van der Waals surface area contributed by atoms with Crippen LogP contribution in [0.15, 0.2) is 51.9 Å². The van der Waals surface area contributed by atoms with Gasteiger partial charge in [0.1, 0.15) is 16.0 Å². The Morgan fingerprint density at radius 1 is 1.26 bits per heavy atom. The Labute approximate surface area is 134 Å².